The zero-order valence-electron chi connectivity index (χ0n) is 14.0. The molecule has 7 heteroatoms. The second-order valence-electron chi connectivity index (χ2n) is 6.51. The van der Waals surface area contributed by atoms with Crippen molar-refractivity contribution in [2.75, 3.05) is 18.0 Å². The largest absolute Gasteiger partial charge is 0.440 e. The molecule has 3 aromatic heterocycles. The summed E-state index contributed by atoms with van der Waals surface area (Å²) in [5, 5.41) is 5.30. The van der Waals surface area contributed by atoms with E-state index in [0.29, 0.717) is 0 Å². The highest BCUT2D eigenvalue weighted by Crippen LogP contribution is 2.32. The van der Waals surface area contributed by atoms with Crippen LogP contribution in [-0.2, 0) is 7.05 Å². The summed E-state index contributed by atoms with van der Waals surface area (Å²) in [5.41, 5.74) is 2.63. The summed E-state index contributed by atoms with van der Waals surface area (Å²) in [4.78, 5) is 15.8. The molecule has 0 amide bonds. The molecule has 0 spiro atoms. The third kappa shape index (κ3) is 2.34. The van der Waals surface area contributed by atoms with E-state index in [9.17, 15) is 0 Å². The molecule has 1 fully saturated rings. The first-order valence-electron chi connectivity index (χ1n) is 8.53. The Morgan fingerprint density at radius 1 is 1.20 bits per heavy atom. The predicted molar refractivity (Wildman–Crippen MR) is 94.5 cm³/mol. The minimum absolute atomic E-state index is 0.267. The highest BCUT2D eigenvalue weighted by Gasteiger charge is 2.27. The number of aryl methyl sites for hydroxylation is 1. The van der Waals surface area contributed by atoms with E-state index in [4.69, 9.17) is 4.42 Å². The van der Waals surface area contributed by atoms with Crippen molar-refractivity contribution in [2.24, 2.45) is 7.05 Å². The summed E-state index contributed by atoms with van der Waals surface area (Å²) >= 11 is 0. The lowest BCUT2D eigenvalue weighted by atomic mass is 9.98. The van der Waals surface area contributed by atoms with Gasteiger partial charge in [0.15, 0.2) is 17.1 Å². The number of piperidine rings is 1. The van der Waals surface area contributed by atoms with Gasteiger partial charge in [-0.25, -0.2) is 15.0 Å². The fourth-order valence-electron chi connectivity index (χ4n) is 3.64. The van der Waals surface area contributed by atoms with Gasteiger partial charge in [0, 0.05) is 20.1 Å². The van der Waals surface area contributed by atoms with E-state index in [1.807, 2.05) is 37.5 Å². The van der Waals surface area contributed by atoms with Crippen LogP contribution in [0.3, 0.4) is 0 Å². The van der Waals surface area contributed by atoms with E-state index < -0.39 is 0 Å². The number of rotatable bonds is 2. The van der Waals surface area contributed by atoms with Crippen molar-refractivity contribution in [3.63, 3.8) is 0 Å². The Hall–Kier alpha value is -2.96. The summed E-state index contributed by atoms with van der Waals surface area (Å²) in [6, 6.07) is 7.93. The molecule has 0 bridgehead atoms. The molecule has 0 aliphatic carbocycles. The van der Waals surface area contributed by atoms with Gasteiger partial charge < -0.3 is 9.32 Å². The van der Waals surface area contributed by atoms with Gasteiger partial charge in [-0.3, -0.25) is 4.68 Å². The molecule has 126 valence electrons. The van der Waals surface area contributed by atoms with Gasteiger partial charge in [-0.2, -0.15) is 5.10 Å². The van der Waals surface area contributed by atoms with Gasteiger partial charge in [-0.05, 0) is 25.0 Å². The summed E-state index contributed by atoms with van der Waals surface area (Å²) in [6.45, 7) is 1.81. The molecule has 1 aliphatic heterocycles. The number of anilines is 1. The Balaban J connectivity index is 1.49. The standard InChI is InChI=1S/C18H18N6O/c1-23-16-13(9-21-23)17(20-11-19-16)24-8-4-5-12(10-24)18-22-14-6-2-3-7-15(14)25-18/h2-3,6-7,9,11-12H,4-5,8,10H2,1H3/t12-/m1/s1. The van der Waals surface area contributed by atoms with E-state index in [2.05, 4.69) is 25.0 Å². The average molecular weight is 334 g/mol. The minimum Gasteiger partial charge on any atom is -0.440 e. The zero-order chi connectivity index (χ0) is 16.8. The van der Waals surface area contributed by atoms with Crippen LogP contribution in [0.2, 0.25) is 0 Å². The molecule has 25 heavy (non-hydrogen) atoms. The maximum absolute atomic E-state index is 6.00. The van der Waals surface area contributed by atoms with Gasteiger partial charge >= 0.3 is 0 Å². The van der Waals surface area contributed by atoms with E-state index in [1.54, 1.807) is 11.0 Å². The van der Waals surface area contributed by atoms with Gasteiger partial charge in [-0.15, -0.1) is 0 Å². The third-order valence-corrected chi connectivity index (χ3v) is 4.89. The van der Waals surface area contributed by atoms with Gasteiger partial charge in [0.05, 0.1) is 17.5 Å². The smallest absolute Gasteiger partial charge is 0.200 e. The molecule has 1 aromatic carbocycles. The minimum atomic E-state index is 0.267. The Bertz CT molecular complexity index is 1020. The van der Waals surface area contributed by atoms with Crippen LogP contribution in [0.1, 0.15) is 24.7 Å². The molecule has 4 heterocycles. The second kappa shape index (κ2) is 5.54. The van der Waals surface area contributed by atoms with Crippen LogP contribution >= 0.6 is 0 Å². The van der Waals surface area contributed by atoms with Gasteiger partial charge in [0.2, 0.25) is 0 Å². The summed E-state index contributed by atoms with van der Waals surface area (Å²) in [7, 11) is 1.90. The molecular formula is C18H18N6O. The molecular weight excluding hydrogens is 316 g/mol. The number of aromatic nitrogens is 5. The average Bonchev–Trinajstić information content (AvgIpc) is 3.26. The zero-order valence-corrected chi connectivity index (χ0v) is 14.0. The monoisotopic (exact) mass is 334 g/mol. The van der Waals surface area contributed by atoms with Crippen molar-refractivity contribution >= 4 is 28.0 Å². The first kappa shape index (κ1) is 14.4. The molecule has 1 atom stereocenters. The molecule has 0 unspecified atom stereocenters. The lowest BCUT2D eigenvalue weighted by Gasteiger charge is -2.32. The van der Waals surface area contributed by atoms with Gasteiger partial charge in [0.25, 0.3) is 0 Å². The van der Waals surface area contributed by atoms with Crippen LogP contribution in [0.4, 0.5) is 5.82 Å². The predicted octanol–water partition coefficient (Wildman–Crippen LogP) is 2.89. The van der Waals surface area contributed by atoms with E-state index >= 15 is 0 Å². The Morgan fingerprint density at radius 3 is 3.04 bits per heavy atom. The van der Waals surface area contributed by atoms with Crippen molar-refractivity contribution in [3.8, 4) is 0 Å². The number of hydrogen-bond donors (Lipinski definition) is 0. The molecule has 7 nitrogen and oxygen atoms in total. The summed E-state index contributed by atoms with van der Waals surface area (Å²) in [5.74, 6) is 2.03. The maximum Gasteiger partial charge on any atom is 0.200 e. The summed E-state index contributed by atoms with van der Waals surface area (Å²) < 4.78 is 7.78. The normalized spacial score (nSPS) is 18.3. The Labute approximate surface area is 144 Å². The van der Waals surface area contributed by atoms with E-state index in [0.717, 1.165) is 59.8 Å². The molecule has 1 aliphatic rings. The van der Waals surface area contributed by atoms with Crippen molar-refractivity contribution in [1.29, 1.82) is 0 Å². The highest BCUT2D eigenvalue weighted by atomic mass is 16.3. The lowest BCUT2D eigenvalue weighted by molar-refractivity contribution is 0.412. The van der Waals surface area contributed by atoms with Crippen molar-refractivity contribution in [1.82, 2.24) is 24.7 Å². The van der Waals surface area contributed by atoms with Gasteiger partial charge in [-0.1, -0.05) is 12.1 Å². The lowest BCUT2D eigenvalue weighted by Crippen LogP contribution is -2.35. The molecule has 4 aromatic rings. The van der Waals surface area contributed by atoms with Crippen molar-refractivity contribution in [3.05, 3.63) is 42.7 Å². The van der Waals surface area contributed by atoms with E-state index in [1.165, 1.54) is 0 Å². The van der Waals surface area contributed by atoms with Crippen molar-refractivity contribution < 1.29 is 4.42 Å². The molecule has 1 saturated heterocycles. The third-order valence-electron chi connectivity index (χ3n) is 4.89. The number of para-hydroxylation sites is 2. The summed E-state index contributed by atoms with van der Waals surface area (Å²) in [6.07, 6.45) is 5.61. The second-order valence-corrected chi connectivity index (χ2v) is 6.51. The fourth-order valence-corrected chi connectivity index (χ4v) is 3.64. The number of benzene rings is 1. The number of fused-ring (bicyclic) bond motifs is 2. The molecule has 5 rings (SSSR count). The topological polar surface area (TPSA) is 72.9 Å². The van der Waals surface area contributed by atoms with Crippen LogP contribution in [0.25, 0.3) is 22.1 Å². The Kier molecular flexibility index (Phi) is 3.19. The molecule has 0 saturated carbocycles. The maximum atomic E-state index is 6.00. The van der Waals surface area contributed by atoms with Crippen LogP contribution in [0.15, 0.2) is 41.2 Å². The Morgan fingerprint density at radius 2 is 2.12 bits per heavy atom. The quantitative estimate of drug-likeness (QED) is 0.561. The van der Waals surface area contributed by atoms with Crippen LogP contribution in [-0.4, -0.2) is 37.8 Å². The number of oxazole rings is 1. The SMILES string of the molecule is Cn1ncc2c(N3CCC[C@@H](c4nc5ccccc5o4)C3)ncnc21. The van der Waals surface area contributed by atoms with Crippen molar-refractivity contribution in [2.45, 2.75) is 18.8 Å². The highest BCUT2D eigenvalue weighted by molar-refractivity contribution is 5.86. The van der Waals surface area contributed by atoms with Gasteiger partial charge in [0.1, 0.15) is 17.7 Å². The van der Waals surface area contributed by atoms with Crippen LogP contribution in [0, 0.1) is 0 Å². The number of nitrogens with zero attached hydrogens (tertiary/aromatic N) is 6. The first-order chi connectivity index (χ1) is 12.3. The molecule has 0 N–H and O–H groups in total. The molecule has 0 radical (unpaired) electrons. The van der Waals surface area contributed by atoms with Crippen LogP contribution in [0.5, 0.6) is 0 Å². The number of hydrogen-bond acceptors (Lipinski definition) is 6. The first-order valence-corrected chi connectivity index (χ1v) is 8.53. The van der Waals surface area contributed by atoms with Crippen LogP contribution < -0.4 is 4.90 Å². The van der Waals surface area contributed by atoms with E-state index in [-0.39, 0.29) is 5.92 Å². The fraction of sp³-hybridized carbons (Fsp3) is 0.333.